The number of aliphatic carboxylic acids is 1. The largest absolute Gasteiger partial charge is 0.481 e. The van der Waals surface area contributed by atoms with Crippen LogP contribution in [0.2, 0.25) is 0 Å². The first-order valence-electron chi connectivity index (χ1n) is 5.14. The van der Waals surface area contributed by atoms with E-state index in [0.29, 0.717) is 0 Å². The highest BCUT2D eigenvalue weighted by atomic mass is 16.4. The Hall–Kier alpha value is -1.12. The van der Waals surface area contributed by atoms with E-state index in [2.05, 4.69) is 0 Å². The van der Waals surface area contributed by atoms with Gasteiger partial charge >= 0.3 is 5.97 Å². The van der Waals surface area contributed by atoms with Crippen molar-refractivity contribution in [3.05, 3.63) is 11.6 Å². The van der Waals surface area contributed by atoms with Crippen LogP contribution >= 0.6 is 0 Å². The maximum atomic E-state index is 11.5. The third-order valence-corrected chi connectivity index (χ3v) is 3.28. The number of hydrogen-bond donors (Lipinski definition) is 1. The van der Waals surface area contributed by atoms with Gasteiger partial charge in [0.1, 0.15) is 0 Å². The van der Waals surface area contributed by atoms with Crippen molar-refractivity contribution in [2.45, 2.75) is 32.1 Å². The lowest BCUT2D eigenvalue weighted by Gasteiger charge is -2.24. The molecule has 0 heterocycles. The predicted molar refractivity (Wildman–Crippen MR) is 50.8 cm³/mol. The molecule has 0 aromatic heterocycles. The molecule has 0 aromatic carbocycles. The summed E-state index contributed by atoms with van der Waals surface area (Å²) in [6.45, 7) is 0. The monoisotopic (exact) mass is 194 g/mol. The molecule has 76 valence electrons. The smallest absolute Gasteiger partial charge is 0.304 e. The molecule has 3 nitrogen and oxygen atoms in total. The molecule has 1 saturated carbocycles. The molecular weight excluding hydrogens is 180 g/mol. The second-order valence-electron chi connectivity index (χ2n) is 4.18. The topological polar surface area (TPSA) is 54.4 Å². The molecule has 14 heavy (non-hydrogen) atoms. The molecule has 0 aromatic rings. The van der Waals surface area contributed by atoms with Crippen LogP contribution in [-0.4, -0.2) is 16.9 Å². The van der Waals surface area contributed by atoms with Crippen molar-refractivity contribution in [1.82, 2.24) is 0 Å². The van der Waals surface area contributed by atoms with Crippen LogP contribution in [0.4, 0.5) is 0 Å². The lowest BCUT2D eigenvalue weighted by atomic mass is 9.79. The van der Waals surface area contributed by atoms with E-state index in [1.165, 1.54) is 5.57 Å². The fourth-order valence-corrected chi connectivity index (χ4v) is 2.62. The number of hydrogen-bond acceptors (Lipinski definition) is 2. The molecule has 1 N–H and O–H groups in total. The number of carboxylic acid groups (broad SMARTS) is 1. The van der Waals surface area contributed by atoms with E-state index < -0.39 is 5.97 Å². The number of fused-ring (bicyclic) bond motifs is 1. The maximum Gasteiger partial charge on any atom is 0.304 e. The molecule has 0 saturated heterocycles. The number of rotatable bonds is 2. The molecule has 1 fully saturated rings. The zero-order chi connectivity index (χ0) is 10.1. The summed E-state index contributed by atoms with van der Waals surface area (Å²) in [6.07, 6.45) is 5.96. The van der Waals surface area contributed by atoms with Gasteiger partial charge in [0.2, 0.25) is 0 Å². The van der Waals surface area contributed by atoms with Gasteiger partial charge in [0.25, 0.3) is 0 Å². The fraction of sp³-hybridized carbons (Fsp3) is 0.636. The van der Waals surface area contributed by atoms with Gasteiger partial charge in [-0.15, -0.1) is 0 Å². The Balaban J connectivity index is 2.12. The van der Waals surface area contributed by atoms with Crippen LogP contribution in [0.25, 0.3) is 0 Å². The maximum absolute atomic E-state index is 11.5. The Morgan fingerprint density at radius 1 is 1.50 bits per heavy atom. The standard InChI is InChI=1S/C11H14O3/c12-10-5-7-3-1-2-4-8(7)9(10)6-11(13)14/h5,8-9H,1-4,6H2,(H,13,14)/t8-,9+/m1/s1. The quantitative estimate of drug-likeness (QED) is 0.729. The molecular formula is C11H14O3. The fourth-order valence-electron chi connectivity index (χ4n) is 2.62. The van der Waals surface area contributed by atoms with Gasteiger partial charge in [0.15, 0.2) is 5.78 Å². The number of allylic oxidation sites excluding steroid dienone is 2. The summed E-state index contributed by atoms with van der Waals surface area (Å²) in [5.74, 6) is -0.840. The van der Waals surface area contributed by atoms with Crippen LogP contribution in [0, 0.1) is 11.8 Å². The summed E-state index contributed by atoms with van der Waals surface area (Å²) >= 11 is 0. The zero-order valence-corrected chi connectivity index (χ0v) is 8.03. The molecule has 0 amide bonds. The molecule has 2 rings (SSSR count). The second-order valence-corrected chi connectivity index (χ2v) is 4.18. The molecule has 0 unspecified atom stereocenters. The third kappa shape index (κ3) is 1.59. The van der Waals surface area contributed by atoms with Crippen molar-refractivity contribution in [3.8, 4) is 0 Å². The Morgan fingerprint density at radius 2 is 2.29 bits per heavy atom. The summed E-state index contributed by atoms with van der Waals surface area (Å²) in [5, 5.41) is 8.71. The van der Waals surface area contributed by atoms with Gasteiger partial charge < -0.3 is 5.11 Å². The SMILES string of the molecule is O=C(O)C[C@@H]1C(=O)C=C2CCCC[C@H]21. The Labute approximate surface area is 82.8 Å². The minimum Gasteiger partial charge on any atom is -0.481 e. The van der Waals surface area contributed by atoms with E-state index >= 15 is 0 Å². The molecule has 0 radical (unpaired) electrons. The molecule has 2 aliphatic carbocycles. The van der Waals surface area contributed by atoms with E-state index in [1.807, 2.05) is 0 Å². The normalized spacial score (nSPS) is 31.1. The first kappa shape index (κ1) is 9.44. The highest BCUT2D eigenvalue weighted by molar-refractivity contribution is 5.97. The minimum atomic E-state index is -0.858. The van der Waals surface area contributed by atoms with Crippen LogP contribution in [0.5, 0.6) is 0 Å². The van der Waals surface area contributed by atoms with Gasteiger partial charge in [0.05, 0.1) is 6.42 Å². The van der Waals surface area contributed by atoms with E-state index in [-0.39, 0.29) is 24.0 Å². The lowest BCUT2D eigenvalue weighted by Crippen LogP contribution is -2.22. The first-order valence-corrected chi connectivity index (χ1v) is 5.14. The lowest BCUT2D eigenvalue weighted by molar-refractivity contribution is -0.140. The van der Waals surface area contributed by atoms with E-state index in [0.717, 1.165) is 25.7 Å². The molecule has 0 spiro atoms. The molecule has 0 aliphatic heterocycles. The summed E-state index contributed by atoms with van der Waals surface area (Å²) in [5.41, 5.74) is 1.20. The van der Waals surface area contributed by atoms with E-state index in [9.17, 15) is 9.59 Å². The third-order valence-electron chi connectivity index (χ3n) is 3.28. The highest BCUT2D eigenvalue weighted by Crippen LogP contribution is 2.41. The highest BCUT2D eigenvalue weighted by Gasteiger charge is 2.37. The van der Waals surface area contributed by atoms with Gasteiger partial charge in [0, 0.05) is 5.92 Å². The average molecular weight is 194 g/mol. The van der Waals surface area contributed by atoms with Crippen LogP contribution in [0.15, 0.2) is 11.6 Å². The minimum absolute atomic E-state index is 0.00347. The van der Waals surface area contributed by atoms with Crippen molar-refractivity contribution in [2.24, 2.45) is 11.8 Å². The number of ketones is 1. The molecule has 2 aliphatic rings. The Bertz CT molecular complexity index is 304. The van der Waals surface area contributed by atoms with Gasteiger partial charge in [-0.3, -0.25) is 9.59 Å². The molecule has 0 bridgehead atoms. The summed E-state index contributed by atoms with van der Waals surface area (Å²) in [4.78, 5) is 22.1. The van der Waals surface area contributed by atoms with Crippen LogP contribution in [0.3, 0.4) is 0 Å². The number of carboxylic acids is 1. The summed E-state index contributed by atoms with van der Waals surface area (Å²) in [6, 6.07) is 0. The predicted octanol–water partition coefficient (Wildman–Crippen LogP) is 1.78. The van der Waals surface area contributed by atoms with E-state index in [1.54, 1.807) is 6.08 Å². The van der Waals surface area contributed by atoms with Crippen molar-refractivity contribution in [1.29, 1.82) is 0 Å². The van der Waals surface area contributed by atoms with Crippen molar-refractivity contribution < 1.29 is 14.7 Å². The summed E-state index contributed by atoms with van der Waals surface area (Å²) in [7, 11) is 0. The van der Waals surface area contributed by atoms with E-state index in [4.69, 9.17) is 5.11 Å². The Kier molecular flexibility index (Phi) is 2.40. The van der Waals surface area contributed by atoms with Crippen LogP contribution in [-0.2, 0) is 9.59 Å². The van der Waals surface area contributed by atoms with Crippen LogP contribution in [0.1, 0.15) is 32.1 Å². The molecule has 2 atom stereocenters. The number of carbonyl (C=O) groups is 2. The van der Waals surface area contributed by atoms with Crippen molar-refractivity contribution in [2.75, 3.05) is 0 Å². The molecule has 3 heteroatoms. The first-order chi connectivity index (χ1) is 6.68. The van der Waals surface area contributed by atoms with Gasteiger partial charge in [-0.1, -0.05) is 12.0 Å². The average Bonchev–Trinajstić information content (AvgIpc) is 2.43. The van der Waals surface area contributed by atoms with Gasteiger partial charge in [-0.25, -0.2) is 0 Å². The van der Waals surface area contributed by atoms with Crippen molar-refractivity contribution in [3.63, 3.8) is 0 Å². The van der Waals surface area contributed by atoms with Gasteiger partial charge in [-0.05, 0) is 31.3 Å². The zero-order valence-electron chi connectivity index (χ0n) is 8.03. The van der Waals surface area contributed by atoms with Crippen LogP contribution < -0.4 is 0 Å². The number of carbonyl (C=O) groups excluding carboxylic acids is 1. The van der Waals surface area contributed by atoms with Gasteiger partial charge in [-0.2, -0.15) is 0 Å². The Morgan fingerprint density at radius 3 is 3.00 bits per heavy atom. The summed E-state index contributed by atoms with van der Waals surface area (Å²) < 4.78 is 0. The second kappa shape index (κ2) is 3.56. The van der Waals surface area contributed by atoms with Crippen molar-refractivity contribution >= 4 is 11.8 Å².